The molecule has 5 heteroatoms. The standard InChI is InChI=1S/C9H4ClFO2S/c10-4-1-5(9(12)13)8-6(11)3-14-7(8)2-4/h1-3H,(H,12,13). The third kappa shape index (κ3) is 1.36. The summed E-state index contributed by atoms with van der Waals surface area (Å²) in [5.41, 5.74) is -0.0914. The molecule has 2 rings (SSSR count). The van der Waals surface area contributed by atoms with Gasteiger partial charge in [0.1, 0.15) is 5.82 Å². The van der Waals surface area contributed by atoms with Crippen molar-refractivity contribution in [3.05, 3.63) is 33.9 Å². The van der Waals surface area contributed by atoms with Gasteiger partial charge in [-0.15, -0.1) is 11.3 Å². The minimum Gasteiger partial charge on any atom is -0.478 e. The minimum atomic E-state index is -1.17. The predicted octanol–water partition coefficient (Wildman–Crippen LogP) is 3.39. The molecule has 0 aliphatic rings. The van der Waals surface area contributed by atoms with Gasteiger partial charge in [0.2, 0.25) is 0 Å². The molecule has 2 nitrogen and oxygen atoms in total. The van der Waals surface area contributed by atoms with E-state index in [0.717, 1.165) is 11.3 Å². The van der Waals surface area contributed by atoms with Gasteiger partial charge in [0.05, 0.1) is 5.56 Å². The highest BCUT2D eigenvalue weighted by molar-refractivity contribution is 7.17. The van der Waals surface area contributed by atoms with Crippen molar-refractivity contribution in [3.8, 4) is 0 Å². The van der Waals surface area contributed by atoms with Crippen LogP contribution in [0.3, 0.4) is 0 Å². The molecule has 0 saturated heterocycles. The van der Waals surface area contributed by atoms with Crippen LogP contribution in [0.1, 0.15) is 10.4 Å². The number of carboxylic acid groups (broad SMARTS) is 1. The molecule has 1 aromatic heterocycles. The number of hydrogen-bond donors (Lipinski definition) is 1. The number of carboxylic acids is 1. The number of benzene rings is 1. The van der Waals surface area contributed by atoms with Gasteiger partial charge < -0.3 is 5.11 Å². The molecular formula is C9H4ClFO2S. The predicted molar refractivity (Wildman–Crippen MR) is 53.8 cm³/mol. The summed E-state index contributed by atoms with van der Waals surface area (Å²) < 4.78 is 13.8. The van der Waals surface area contributed by atoms with Gasteiger partial charge in [-0.05, 0) is 12.1 Å². The van der Waals surface area contributed by atoms with Crippen LogP contribution >= 0.6 is 22.9 Å². The second kappa shape index (κ2) is 3.22. The van der Waals surface area contributed by atoms with E-state index in [9.17, 15) is 9.18 Å². The Balaban J connectivity index is 2.90. The third-order valence-corrected chi connectivity index (χ3v) is 2.94. The number of hydrogen-bond acceptors (Lipinski definition) is 2. The zero-order valence-electron chi connectivity index (χ0n) is 6.75. The van der Waals surface area contributed by atoms with Crippen LogP contribution in [0.25, 0.3) is 10.1 Å². The van der Waals surface area contributed by atoms with Crippen molar-refractivity contribution in [1.82, 2.24) is 0 Å². The number of aromatic carboxylic acids is 1. The van der Waals surface area contributed by atoms with Crippen molar-refractivity contribution in [1.29, 1.82) is 0 Å². The molecular weight excluding hydrogens is 227 g/mol. The van der Waals surface area contributed by atoms with Crippen LogP contribution in [-0.4, -0.2) is 11.1 Å². The van der Waals surface area contributed by atoms with E-state index >= 15 is 0 Å². The normalized spacial score (nSPS) is 10.7. The zero-order valence-corrected chi connectivity index (χ0v) is 8.32. The molecule has 0 saturated carbocycles. The summed E-state index contributed by atoms with van der Waals surface area (Å²) in [6.07, 6.45) is 0. The van der Waals surface area contributed by atoms with E-state index in [1.54, 1.807) is 6.07 Å². The highest BCUT2D eigenvalue weighted by atomic mass is 35.5. The van der Waals surface area contributed by atoms with Crippen LogP contribution in [0.15, 0.2) is 17.5 Å². The average molecular weight is 231 g/mol. The molecule has 1 heterocycles. The second-order valence-corrected chi connectivity index (χ2v) is 4.06. The molecule has 0 radical (unpaired) electrons. The molecule has 0 aliphatic carbocycles. The fourth-order valence-corrected chi connectivity index (χ4v) is 2.42. The Hall–Kier alpha value is -1.13. The summed E-state index contributed by atoms with van der Waals surface area (Å²) in [5, 5.41) is 10.5. The maximum atomic E-state index is 13.2. The van der Waals surface area contributed by atoms with Gasteiger partial charge in [-0.2, -0.15) is 0 Å². The van der Waals surface area contributed by atoms with Crippen LogP contribution < -0.4 is 0 Å². The van der Waals surface area contributed by atoms with Crippen LogP contribution in [0.4, 0.5) is 4.39 Å². The number of fused-ring (bicyclic) bond motifs is 1. The summed E-state index contributed by atoms with van der Waals surface area (Å²) in [5.74, 6) is -1.69. The van der Waals surface area contributed by atoms with E-state index < -0.39 is 11.8 Å². The summed E-state index contributed by atoms with van der Waals surface area (Å²) in [7, 11) is 0. The van der Waals surface area contributed by atoms with Crippen LogP contribution in [0.5, 0.6) is 0 Å². The molecule has 14 heavy (non-hydrogen) atoms. The Kier molecular flexibility index (Phi) is 2.17. The quantitative estimate of drug-likeness (QED) is 0.815. The largest absolute Gasteiger partial charge is 0.478 e. The maximum Gasteiger partial charge on any atom is 0.336 e. The first kappa shape index (κ1) is 9.43. The first-order valence-electron chi connectivity index (χ1n) is 3.69. The van der Waals surface area contributed by atoms with E-state index in [-0.39, 0.29) is 10.9 Å². The highest BCUT2D eigenvalue weighted by Gasteiger charge is 2.15. The van der Waals surface area contributed by atoms with Gasteiger partial charge >= 0.3 is 5.97 Å². The molecule has 1 N–H and O–H groups in total. The topological polar surface area (TPSA) is 37.3 Å². The molecule has 72 valence electrons. The molecule has 2 aromatic rings. The number of carbonyl (C=O) groups is 1. The number of thiophene rings is 1. The summed E-state index contributed by atoms with van der Waals surface area (Å²) in [6, 6.07) is 2.80. The van der Waals surface area contributed by atoms with E-state index in [4.69, 9.17) is 16.7 Å². The number of rotatable bonds is 1. The Morgan fingerprint density at radius 3 is 2.86 bits per heavy atom. The Morgan fingerprint density at radius 1 is 1.50 bits per heavy atom. The summed E-state index contributed by atoms with van der Waals surface area (Å²) in [4.78, 5) is 10.8. The first-order chi connectivity index (χ1) is 6.59. The van der Waals surface area contributed by atoms with E-state index in [1.165, 1.54) is 11.4 Å². The lowest BCUT2D eigenvalue weighted by atomic mass is 10.1. The Labute approximate surface area is 87.5 Å². The Bertz CT molecular complexity index is 521. The van der Waals surface area contributed by atoms with E-state index in [0.29, 0.717) is 9.72 Å². The molecule has 0 fully saturated rings. The second-order valence-electron chi connectivity index (χ2n) is 2.72. The molecule has 0 atom stereocenters. The molecule has 0 unspecified atom stereocenters. The SMILES string of the molecule is O=C(O)c1cc(Cl)cc2scc(F)c12. The Morgan fingerprint density at radius 2 is 2.21 bits per heavy atom. The maximum absolute atomic E-state index is 13.2. The number of halogens is 2. The van der Waals surface area contributed by atoms with Crippen LogP contribution in [0.2, 0.25) is 5.02 Å². The summed E-state index contributed by atoms with van der Waals surface area (Å²) in [6.45, 7) is 0. The van der Waals surface area contributed by atoms with Gasteiger partial charge in [0.15, 0.2) is 0 Å². The van der Waals surface area contributed by atoms with Gasteiger partial charge in [-0.25, -0.2) is 9.18 Å². The lowest BCUT2D eigenvalue weighted by Crippen LogP contribution is -1.97. The smallest absolute Gasteiger partial charge is 0.336 e. The zero-order chi connectivity index (χ0) is 10.3. The van der Waals surface area contributed by atoms with Crippen molar-refractivity contribution in [2.75, 3.05) is 0 Å². The van der Waals surface area contributed by atoms with Crippen LogP contribution in [-0.2, 0) is 0 Å². The molecule has 0 bridgehead atoms. The average Bonchev–Trinajstić information content (AvgIpc) is 2.46. The fraction of sp³-hybridized carbons (Fsp3) is 0. The van der Waals surface area contributed by atoms with Crippen molar-refractivity contribution in [3.63, 3.8) is 0 Å². The lowest BCUT2D eigenvalue weighted by Gasteiger charge is -1.98. The third-order valence-electron chi connectivity index (χ3n) is 1.83. The van der Waals surface area contributed by atoms with Gasteiger partial charge in [0.25, 0.3) is 0 Å². The van der Waals surface area contributed by atoms with Crippen molar-refractivity contribution in [2.45, 2.75) is 0 Å². The first-order valence-corrected chi connectivity index (χ1v) is 4.95. The highest BCUT2D eigenvalue weighted by Crippen LogP contribution is 2.31. The lowest BCUT2D eigenvalue weighted by molar-refractivity contribution is 0.0699. The van der Waals surface area contributed by atoms with Gasteiger partial charge in [-0.3, -0.25) is 0 Å². The fourth-order valence-electron chi connectivity index (χ4n) is 1.26. The van der Waals surface area contributed by atoms with Crippen molar-refractivity contribution >= 4 is 39.0 Å². The summed E-state index contributed by atoms with van der Waals surface area (Å²) >= 11 is 6.83. The van der Waals surface area contributed by atoms with Gasteiger partial charge in [0, 0.05) is 20.5 Å². The van der Waals surface area contributed by atoms with Crippen molar-refractivity contribution in [2.24, 2.45) is 0 Å². The van der Waals surface area contributed by atoms with E-state index in [1.807, 2.05) is 0 Å². The van der Waals surface area contributed by atoms with E-state index in [2.05, 4.69) is 0 Å². The molecule has 0 amide bonds. The van der Waals surface area contributed by atoms with Gasteiger partial charge in [-0.1, -0.05) is 11.6 Å². The molecule has 0 aliphatic heterocycles. The minimum absolute atomic E-state index is 0.0914. The molecule has 1 aromatic carbocycles. The van der Waals surface area contributed by atoms with Crippen LogP contribution in [0, 0.1) is 5.82 Å². The van der Waals surface area contributed by atoms with Crippen molar-refractivity contribution < 1.29 is 14.3 Å². The molecule has 0 spiro atoms. The monoisotopic (exact) mass is 230 g/mol.